The van der Waals surface area contributed by atoms with Crippen LogP contribution < -0.4 is 5.32 Å². The van der Waals surface area contributed by atoms with Gasteiger partial charge in [-0.2, -0.15) is 5.10 Å². The van der Waals surface area contributed by atoms with E-state index in [9.17, 15) is 0 Å². The third-order valence-corrected chi connectivity index (χ3v) is 3.73. The lowest BCUT2D eigenvalue weighted by atomic mass is 9.86. The fraction of sp³-hybridized carbons (Fsp3) is 0.471. The maximum atomic E-state index is 4.23. The molecule has 0 amide bonds. The molecule has 1 N–H and O–H groups in total. The first-order chi connectivity index (χ1) is 9.40. The summed E-state index contributed by atoms with van der Waals surface area (Å²) < 4.78 is 1.85. The minimum Gasteiger partial charge on any atom is -0.313 e. The zero-order valence-electron chi connectivity index (χ0n) is 13.1. The molecule has 108 valence electrons. The number of nitrogens with zero attached hydrogens (tertiary/aromatic N) is 2. The van der Waals surface area contributed by atoms with Crippen molar-refractivity contribution in [2.45, 2.75) is 38.6 Å². The molecule has 1 unspecified atom stereocenters. The number of nitrogens with one attached hydrogen (secondary N) is 1. The van der Waals surface area contributed by atoms with Crippen LogP contribution in [0.15, 0.2) is 36.7 Å². The molecule has 0 spiro atoms. The second-order valence-electron chi connectivity index (χ2n) is 6.44. The normalized spacial score (nSPS) is 13.4. The average molecular weight is 271 g/mol. The summed E-state index contributed by atoms with van der Waals surface area (Å²) in [5.41, 5.74) is 4.16. The summed E-state index contributed by atoms with van der Waals surface area (Å²) in [6.45, 7) is 6.73. The number of aryl methyl sites for hydroxylation is 1. The second-order valence-corrected chi connectivity index (χ2v) is 6.44. The molecule has 20 heavy (non-hydrogen) atoms. The van der Waals surface area contributed by atoms with Gasteiger partial charge in [-0.3, -0.25) is 4.68 Å². The third kappa shape index (κ3) is 3.48. The van der Waals surface area contributed by atoms with Crippen LogP contribution in [0.25, 0.3) is 0 Å². The third-order valence-electron chi connectivity index (χ3n) is 3.73. The molecular formula is C17H25N3. The van der Waals surface area contributed by atoms with Crippen LogP contribution in [0.1, 0.15) is 43.5 Å². The number of rotatable bonds is 4. The maximum Gasteiger partial charge on any atom is 0.0522 e. The molecule has 0 fully saturated rings. The number of benzene rings is 1. The largest absolute Gasteiger partial charge is 0.313 e. The van der Waals surface area contributed by atoms with Crippen molar-refractivity contribution in [2.75, 3.05) is 7.05 Å². The second kappa shape index (κ2) is 5.80. The van der Waals surface area contributed by atoms with Crippen LogP contribution in [-0.4, -0.2) is 16.8 Å². The van der Waals surface area contributed by atoms with E-state index < -0.39 is 0 Å². The molecule has 0 bridgehead atoms. The Labute approximate surface area is 122 Å². The van der Waals surface area contributed by atoms with E-state index in [1.165, 1.54) is 16.7 Å². The highest BCUT2D eigenvalue weighted by Gasteiger charge is 2.15. The van der Waals surface area contributed by atoms with Crippen molar-refractivity contribution in [3.63, 3.8) is 0 Å². The minimum atomic E-state index is 0.205. The van der Waals surface area contributed by atoms with Gasteiger partial charge in [0.05, 0.1) is 6.20 Å². The highest BCUT2D eigenvalue weighted by molar-refractivity contribution is 5.30. The van der Waals surface area contributed by atoms with Crippen LogP contribution in [0.2, 0.25) is 0 Å². The molecular weight excluding hydrogens is 246 g/mol. The monoisotopic (exact) mass is 271 g/mol. The van der Waals surface area contributed by atoms with Crippen molar-refractivity contribution >= 4 is 0 Å². The van der Waals surface area contributed by atoms with Crippen molar-refractivity contribution in [1.82, 2.24) is 15.1 Å². The molecule has 0 aliphatic rings. The van der Waals surface area contributed by atoms with Gasteiger partial charge in [-0.15, -0.1) is 0 Å². The predicted molar refractivity (Wildman–Crippen MR) is 83.9 cm³/mol. The standard InChI is InChI=1S/C17H25N3/c1-17(2,3)15-8-6-14(7-9-15)16(18-4)10-13-11-19-20(5)12-13/h6-9,11-12,16,18H,10H2,1-5H3. The van der Waals surface area contributed by atoms with Gasteiger partial charge in [0.15, 0.2) is 0 Å². The molecule has 0 saturated carbocycles. The Kier molecular flexibility index (Phi) is 4.29. The fourth-order valence-electron chi connectivity index (χ4n) is 2.41. The van der Waals surface area contributed by atoms with Crippen molar-refractivity contribution in [3.8, 4) is 0 Å². The zero-order chi connectivity index (χ0) is 14.8. The van der Waals surface area contributed by atoms with Crippen LogP contribution in [0.4, 0.5) is 0 Å². The van der Waals surface area contributed by atoms with Crippen LogP contribution in [0, 0.1) is 0 Å². The summed E-state index contributed by atoms with van der Waals surface area (Å²) in [7, 11) is 3.97. The molecule has 1 heterocycles. The Hall–Kier alpha value is -1.61. The quantitative estimate of drug-likeness (QED) is 0.925. The lowest BCUT2D eigenvalue weighted by Crippen LogP contribution is -2.19. The summed E-state index contributed by atoms with van der Waals surface area (Å²) in [5, 5.41) is 7.63. The highest BCUT2D eigenvalue weighted by Crippen LogP contribution is 2.25. The number of hydrogen-bond acceptors (Lipinski definition) is 2. The molecule has 3 heteroatoms. The lowest BCUT2D eigenvalue weighted by molar-refractivity contribution is 0.579. The van der Waals surface area contributed by atoms with E-state index in [2.05, 4.69) is 61.6 Å². The Morgan fingerprint density at radius 3 is 2.30 bits per heavy atom. The number of aromatic nitrogens is 2. The maximum absolute atomic E-state index is 4.23. The highest BCUT2D eigenvalue weighted by atomic mass is 15.2. The van der Waals surface area contributed by atoms with Gasteiger partial charge < -0.3 is 5.32 Å². The molecule has 1 aromatic heterocycles. The zero-order valence-corrected chi connectivity index (χ0v) is 13.1. The first-order valence-corrected chi connectivity index (χ1v) is 7.15. The first-order valence-electron chi connectivity index (χ1n) is 7.15. The minimum absolute atomic E-state index is 0.205. The summed E-state index contributed by atoms with van der Waals surface area (Å²) in [6.07, 6.45) is 4.97. The van der Waals surface area contributed by atoms with Gasteiger partial charge in [-0.1, -0.05) is 45.0 Å². The molecule has 1 atom stereocenters. The van der Waals surface area contributed by atoms with Crippen LogP contribution in [0.5, 0.6) is 0 Å². The lowest BCUT2D eigenvalue weighted by Gasteiger charge is -2.21. The Morgan fingerprint density at radius 2 is 1.85 bits per heavy atom. The first kappa shape index (κ1) is 14.8. The van der Waals surface area contributed by atoms with Gasteiger partial charge in [-0.25, -0.2) is 0 Å². The summed E-state index contributed by atoms with van der Waals surface area (Å²) in [6, 6.07) is 9.27. The SMILES string of the molecule is CNC(Cc1cnn(C)c1)c1ccc(C(C)(C)C)cc1. The Morgan fingerprint density at radius 1 is 1.20 bits per heavy atom. The van der Waals surface area contributed by atoms with Gasteiger partial charge in [0, 0.05) is 19.3 Å². The number of hydrogen-bond donors (Lipinski definition) is 1. The average Bonchev–Trinajstić information content (AvgIpc) is 2.81. The molecule has 0 radical (unpaired) electrons. The molecule has 3 nitrogen and oxygen atoms in total. The van der Waals surface area contributed by atoms with E-state index in [0.717, 1.165) is 6.42 Å². The molecule has 0 aliphatic heterocycles. The number of likely N-dealkylation sites (N-methyl/N-ethyl adjacent to an activating group) is 1. The summed E-state index contributed by atoms with van der Waals surface area (Å²) >= 11 is 0. The Bertz CT molecular complexity index is 546. The van der Waals surface area contributed by atoms with E-state index in [4.69, 9.17) is 0 Å². The van der Waals surface area contributed by atoms with E-state index in [1.54, 1.807) is 0 Å². The van der Waals surface area contributed by atoms with E-state index in [1.807, 2.05) is 25.0 Å². The molecule has 1 aromatic carbocycles. The van der Waals surface area contributed by atoms with Crippen molar-refractivity contribution in [3.05, 3.63) is 53.3 Å². The van der Waals surface area contributed by atoms with E-state index >= 15 is 0 Å². The smallest absolute Gasteiger partial charge is 0.0522 e. The molecule has 0 saturated heterocycles. The Balaban J connectivity index is 2.15. The summed E-state index contributed by atoms with van der Waals surface area (Å²) in [5.74, 6) is 0. The van der Waals surface area contributed by atoms with Crippen molar-refractivity contribution in [2.24, 2.45) is 7.05 Å². The van der Waals surface area contributed by atoms with Crippen molar-refractivity contribution in [1.29, 1.82) is 0 Å². The molecule has 0 aliphatic carbocycles. The topological polar surface area (TPSA) is 29.9 Å². The fourth-order valence-corrected chi connectivity index (χ4v) is 2.41. The van der Waals surface area contributed by atoms with Gasteiger partial charge >= 0.3 is 0 Å². The van der Waals surface area contributed by atoms with Crippen LogP contribution in [0.3, 0.4) is 0 Å². The molecule has 2 aromatic rings. The van der Waals surface area contributed by atoms with Crippen molar-refractivity contribution < 1.29 is 0 Å². The van der Waals surface area contributed by atoms with Gasteiger partial charge in [-0.05, 0) is 35.6 Å². The van der Waals surface area contributed by atoms with E-state index in [0.29, 0.717) is 6.04 Å². The van der Waals surface area contributed by atoms with Gasteiger partial charge in [0.1, 0.15) is 0 Å². The molecule has 2 rings (SSSR count). The van der Waals surface area contributed by atoms with Gasteiger partial charge in [0.25, 0.3) is 0 Å². The summed E-state index contributed by atoms with van der Waals surface area (Å²) in [4.78, 5) is 0. The van der Waals surface area contributed by atoms with Crippen LogP contribution >= 0.6 is 0 Å². The van der Waals surface area contributed by atoms with Crippen LogP contribution in [-0.2, 0) is 18.9 Å². The van der Waals surface area contributed by atoms with Gasteiger partial charge in [0.2, 0.25) is 0 Å². The predicted octanol–water partition coefficient (Wildman–Crippen LogP) is 3.22. The van der Waals surface area contributed by atoms with E-state index in [-0.39, 0.29) is 5.41 Å².